The fourth-order valence-electron chi connectivity index (χ4n) is 2.17. The Bertz CT molecular complexity index is 645. The topological polar surface area (TPSA) is 50.2 Å². The quantitative estimate of drug-likeness (QED) is 0.775. The standard InChI is InChI=1S/C15H11NO2/c17-13-2-1-11-8-12(15(18)14(11)9-13)7-10-3-5-16-6-4-10/h1-7,9,17H,8H2/b12-7+. The number of hydrogen-bond donors (Lipinski definition) is 1. The van der Waals surface area contributed by atoms with E-state index in [1.54, 1.807) is 24.5 Å². The number of benzene rings is 1. The maximum Gasteiger partial charge on any atom is 0.189 e. The maximum absolute atomic E-state index is 12.2. The van der Waals surface area contributed by atoms with Gasteiger partial charge in [-0.1, -0.05) is 6.07 Å². The minimum atomic E-state index is -0.00212. The number of aromatic hydroxyl groups is 1. The summed E-state index contributed by atoms with van der Waals surface area (Å²) < 4.78 is 0. The van der Waals surface area contributed by atoms with Crippen LogP contribution in [0.5, 0.6) is 5.75 Å². The predicted molar refractivity (Wildman–Crippen MR) is 68.4 cm³/mol. The number of aromatic nitrogens is 1. The maximum atomic E-state index is 12.2. The number of hydrogen-bond acceptors (Lipinski definition) is 3. The summed E-state index contributed by atoms with van der Waals surface area (Å²) in [6, 6.07) is 8.67. The first-order valence-electron chi connectivity index (χ1n) is 5.71. The molecular weight excluding hydrogens is 226 g/mol. The lowest BCUT2D eigenvalue weighted by molar-refractivity contribution is 0.104. The van der Waals surface area contributed by atoms with Gasteiger partial charge in [-0.15, -0.1) is 0 Å². The Kier molecular flexibility index (Phi) is 2.45. The van der Waals surface area contributed by atoms with E-state index in [-0.39, 0.29) is 11.5 Å². The molecule has 1 heterocycles. The van der Waals surface area contributed by atoms with Crippen LogP contribution >= 0.6 is 0 Å². The second-order valence-corrected chi connectivity index (χ2v) is 4.30. The van der Waals surface area contributed by atoms with Gasteiger partial charge in [0.05, 0.1) is 0 Å². The van der Waals surface area contributed by atoms with E-state index in [0.717, 1.165) is 16.7 Å². The third-order valence-electron chi connectivity index (χ3n) is 3.06. The fraction of sp³-hybridized carbons (Fsp3) is 0.0667. The van der Waals surface area contributed by atoms with Crippen molar-refractivity contribution in [3.63, 3.8) is 0 Å². The molecule has 1 aromatic carbocycles. The van der Waals surface area contributed by atoms with Crippen molar-refractivity contribution in [3.8, 4) is 5.75 Å². The van der Waals surface area contributed by atoms with Gasteiger partial charge in [0.2, 0.25) is 0 Å². The lowest BCUT2D eigenvalue weighted by Gasteiger charge is -1.96. The number of nitrogens with zero attached hydrogens (tertiary/aromatic N) is 1. The molecule has 1 aliphatic carbocycles. The highest BCUT2D eigenvalue weighted by Gasteiger charge is 2.24. The summed E-state index contributed by atoms with van der Waals surface area (Å²) in [5, 5.41) is 9.41. The summed E-state index contributed by atoms with van der Waals surface area (Å²) in [6.07, 6.45) is 5.90. The molecule has 1 N–H and O–H groups in total. The Balaban J connectivity index is 2.00. The Morgan fingerprint density at radius 1 is 1.17 bits per heavy atom. The number of allylic oxidation sites excluding steroid dienone is 1. The van der Waals surface area contributed by atoms with Gasteiger partial charge in [-0.2, -0.15) is 0 Å². The molecular formula is C15H11NO2. The minimum Gasteiger partial charge on any atom is -0.508 e. The summed E-state index contributed by atoms with van der Waals surface area (Å²) in [6.45, 7) is 0. The van der Waals surface area contributed by atoms with E-state index in [9.17, 15) is 9.90 Å². The first-order valence-corrected chi connectivity index (χ1v) is 5.71. The highest BCUT2D eigenvalue weighted by molar-refractivity contribution is 6.15. The molecule has 3 nitrogen and oxygen atoms in total. The Morgan fingerprint density at radius 3 is 2.72 bits per heavy atom. The van der Waals surface area contributed by atoms with Crippen molar-refractivity contribution in [1.82, 2.24) is 4.98 Å². The molecule has 0 saturated carbocycles. The van der Waals surface area contributed by atoms with Crippen LogP contribution in [-0.2, 0) is 6.42 Å². The van der Waals surface area contributed by atoms with Crippen LogP contribution in [-0.4, -0.2) is 15.9 Å². The molecule has 18 heavy (non-hydrogen) atoms. The van der Waals surface area contributed by atoms with E-state index in [4.69, 9.17) is 0 Å². The second kappa shape index (κ2) is 4.11. The van der Waals surface area contributed by atoms with Crippen molar-refractivity contribution >= 4 is 11.9 Å². The predicted octanol–water partition coefficient (Wildman–Crippen LogP) is 2.61. The molecule has 3 heteroatoms. The minimum absolute atomic E-state index is 0.00212. The van der Waals surface area contributed by atoms with Crippen LogP contribution in [0.15, 0.2) is 48.3 Å². The van der Waals surface area contributed by atoms with Crippen molar-refractivity contribution < 1.29 is 9.90 Å². The zero-order chi connectivity index (χ0) is 12.5. The van der Waals surface area contributed by atoms with E-state index >= 15 is 0 Å². The van der Waals surface area contributed by atoms with Gasteiger partial charge in [-0.05, 0) is 41.5 Å². The first-order chi connectivity index (χ1) is 8.74. The molecule has 0 bridgehead atoms. The van der Waals surface area contributed by atoms with E-state index in [1.165, 1.54) is 6.07 Å². The molecule has 3 rings (SSSR count). The number of carbonyl (C=O) groups excluding carboxylic acids is 1. The molecule has 2 aromatic rings. The lowest BCUT2D eigenvalue weighted by atomic mass is 10.1. The Hall–Kier alpha value is -2.42. The summed E-state index contributed by atoms with van der Waals surface area (Å²) in [7, 11) is 0. The average molecular weight is 237 g/mol. The molecule has 1 aliphatic rings. The third-order valence-corrected chi connectivity index (χ3v) is 3.06. The molecule has 0 spiro atoms. The normalized spacial score (nSPS) is 16.0. The van der Waals surface area contributed by atoms with E-state index in [1.807, 2.05) is 18.2 Å². The molecule has 0 unspecified atom stereocenters. The van der Waals surface area contributed by atoms with Crippen LogP contribution < -0.4 is 0 Å². The number of fused-ring (bicyclic) bond motifs is 1. The van der Waals surface area contributed by atoms with Crippen molar-refractivity contribution in [2.75, 3.05) is 0 Å². The molecule has 0 amide bonds. The molecule has 0 saturated heterocycles. The third kappa shape index (κ3) is 1.80. The fourth-order valence-corrected chi connectivity index (χ4v) is 2.17. The SMILES string of the molecule is O=C1/C(=C/c2ccncc2)Cc2ccc(O)cc21. The van der Waals surface area contributed by atoms with E-state index in [2.05, 4.69) is 4.98 Å². The molecule has 0 radical (unpaired) electrons. The van der Waals surface area contributed by atoms with Gasteiger partial charge in [0.25, 0.3) is 0 Å². The Morgan fingerprint density at radius 2 is 1.94 bits per heavy atom. The first kappa shape index (κ1) is 10.7. The van der Waals surface area contributed by atoms with Crippen LogP contribution in [0.4, 0.5) is 0 Å². The van der Waals surface area contributed by atoms with Gasteiger partial charge >= 0.3 is 0 Å². The number of phenols is 1. The number of carbonyl (C=O) groups is 1. The molecule has 0 fully saturated rings. The van der Waals surface area contributed by atoms with Crippen molar-refractivity contribution in [2.45, 2.75) is 6.42 Å². The molecule has 0 aliphatic heterocycles. The van der Waals surface area contributed by atoms with Crippen molar-refractivity contribution in [3.05, 3.63) is 65.0 Å². The zero-order valence-corrected chi connectivity index (χ0v) is 9.63. The van der Waals surface area contributed by atoms with Crippen LogP contribution in [0.2, 0.25) is 0 Å². The molecule has 1 aromatic heterocycles. The van der Waals surface area contributed by atoms with Gasteiger partial charge in [-0.3, -0.25) is 9.78 Å². The van der Waals surface area contributed by atoms with Crippen LogP contribution in [0.3, 0.4) is 0 Å². The smallest absolute Gasteiger partial charge is 0.189 e. The van der Waals surface area contributed by atoms with Crippen molar-refractivity contribution in [2.24, 2.45) is 0 Å². The van der Waals surface area contributed by atoms with Crippen LogP contribution in [0.25, 0.3) is 6.08 Å². The second-order valence-electron chi connectivity index (χ2n) is 4.30. The number of pyridine rings is 1. The number of phenolic OH excluding ortho intramolecular Hbond substituents is 1. The number of ketones is 1. The monoisotopic (exact) mass is 237 g/mol. The van der Waals surface area contributed by atoms with Crippen LogP contribution in [0.1, 0.15) is 21.5 Å². The summed E-state index contributed by atoms with van der Waals surface area (Å²) in [5.41, 5.74) is 3.29. The van der Waals surface area contributed by atoms with Gasteiger partial charge in [0, 0.05) is 30.0 Å². The average Bonchev–Trinajstić information content (AvgIpc) is 2.68. The van der Waals surface area contributed by atoms with Gasteiger partial charge < -0.3 is 5.11 Å². The zero-order valence-electron chi connectivity index (χ0n) is 9.63. The summed E-state index contributed by atoms with van der Waals surface area (Å²) >= 11 is 0. The molecule has 88 valence electrons. The lowest BCUT2D eigenvalue weighted by Crippen LogP contribution is -1.95. The Labute approximate surface area is 104 Å². The highest BCUT2D eigenvalue weighted by atomic mass is 16.3. The van der Waals surface area contributed by atoms with Gasteiger partial charge in [-0.25, -0.2) is 0 Å². The summed E-state index contributed by atoms with van der Waals surface area (Å²) in [5.74, 6) is 0.130. The van der Waals surface area contributed by atoms with Crippen LogP contribution in [0, 0.1) is 0 Å². The van der Waals surface area contributed by atoms with Gasteiger partial charge in [0.1, 0.15) is 5.75 Å². The van der Waals surface area contributed by atoms with E-state index < -0.39 is 0 Å². The van der Waals surface area contributed by atoms with E-state index in [0.29, 0.717) is 12.0 Å². The summed E-state index contributed by atoms with van der Waals surface area (Å²) in [4.78, 5) is 16.1. The molecule has 0 atom stereocenters. The number of Topliss-reactive ketones (excluding diaryl/α,β-unsaturated/α-hetero) is 1. The highest BCUT2D eigenvalue weighted by Crippen LogP contribution is 2.30. The van der Waals surface area contributed by atoms with Crippen molar-refractivity contribution in [1.29, 1.82) is 0 Å². The van der Waals surface area contributed by atoms with Gasteiger partial charge in [0.15, 0.2) is 5.78 Å². The largest absolute Gasteiger partial charge is 0.508 e. The number of rotatable bonds is 1.